The van der Waals surface area contributed by atoms with E-state index in [1.165, 1.54) is 16.3 Å². The third kappa shape index (κ3) is 2.35. The lowest BCUT2D eigenvalue weighted by Gasteiger charge is -2.26. The van der Waals surface area contributed by atoms with Crippen LogP contribution in [-0.4, -0.2) is 26.5 Å². The summed E-state index contributed by atoms with van der Waals surface area (Å²) in [6.45, 7) is 3.44. The summed E-state index contributed by atoms with van der Waals surface area (Å²) >= 11 is 1.42. The predicted octanol–water partition coefficient (Wildman–Crippen LogP) is 3.28. The molecule has 2 aromatic rings. The van der Waals surface area contributed by atoms with Gasteiger partial charge in [-0.25, -0.2) is 14.4 Å². The first-order valence-electron chi connectivity index (χ1n) is 7.06. The van der Waals surface area contributed by atoms with Crippen LogP contribution in [0, 0.1) is 6.92 Å². The van der Waals surface area contributed by atoms with Crippen LogP contribution < -0.4 is 5.56 Å². The van der Waals surface area contributed by atoms with Crippen molar-refractivity contribution in [1.29, 1.82) is 0 Å². The Bertz CT molecular complexity index is 756. The lowest BCUT2D eigenvalue weighted by Crippen LogP contribution is -2.34. The topological polar surface area (TPSA) is 47.8 Å². The van der Waals surface area contributed by atoms with Crippen molar-refractivity contribution in [2.75, 3.05) is 6.26 Å². The van der Waals surface area contributed by atoms with E-state index in [1.54, 1.807) is 19.2 Å². The first-order valence-corrected chi connectivity index (χ1v) is 8.28. The van der Waals surface area contributed by atoms with Crippen LogP contribution in [0.4, 0.5) is 4.39 Å². The second-order valence-electron chi connectivity index (χ2n) is 5.82. The lowest BCUT2D eigenvalue weighted by atomic mass is 10.0. The molecule has 2 atom stereocenters. The molecule has 2 aromatic heterocycles. The second-order valence-corrected chi connectivity index (χ2v) is 6.59. The normalized spacial score (nSPS) is 25.6. The minimum atomic E-state index is -1.36. The van der Waals surface area contributed by atoms with Gasteiger partial charge in [0, 0.05) is 17.6 Å². The largest absolute Gasteiger partial charge is 0.286 e. The van der Waals surface area contributed by atoms with Gasteiger partial charge in [0.2, 0.25) is 0 Å². The van der Waals surface area contributed by atoms with E-state index in [4.69, 9.17) is 0 Å². The van der Waals surface area contributed by atoms with Crippen molar-refractivity contribution in [1.82, 2.24) is 14.5 Å². The van der Waals surface area contributed by atoms with Gasteiger partial charge in [-0.15, -0.1) is 0 Å². The van der Waals surface area contributed by atoms with Gasteiger partial charge >= 0.3 is 0 Å². The molecule has 1 aliphatic carbocycles. The number of hydrogen-bond acceptors (Lipinski definition) is 4. The smallest absolute Gasteiger partial charge is 0.252 e. The SMILES string of the molecule is CSc1ncc2c(C)cc(=O)n([C@@H]3CCC[C@@]3(C)F)c2n1. The lowest BCUT2D eigenvalue weighted by molar-refractivity contribution is 0.137. The summed E-state index contributed by atoms with van der Waals surface area (Å²) in [5.41, 5.74) is -0.162. The molecule has 0 radical (unpaired) electrons. The van der Waals surface area contributed by atoms with Crippen molar-refractivity contribution >= 4 is 22.8 Å². The maximum atomic E-state index is 14.7. The third-order valence-corrected chi connectivity index (χ3v) is 4.87. The molecule has 1 saturated carbocycles. The van der Waals surface area contributed by atoms with Crippen molar-refractivity contribution in [2.24, 2.45) is 0 Å². The zero-order chi connectivity index (χ0) is 15.2. The van der Waals surface area contributed by atoms with Gasteiger partial charge in [0.25, 0.3) is 5.56 Å². The van der Waals surface area contributed by atoms with E-state index in [9.17, 15) is 9.18 Å². The van der Waals surface area contributed by atoms with Gasteiger partial charge in [0.15, 0.2) is 5.16 Å². The number of hydrogen-bond donors (Lipinski definition) is 0. The van der Waals surface area contributed by atoms with Crippen LogP contribution in [0.2, 0.25) is 0 Å². The minimum Gasteiger partial charge on any atom is -0.286 e. The summed E-state index contributed by atoms with van der Waals surface area (Å²) < 4.78 is 16.3. The first-order chi connectivity index (χ1) is 9.94. The molecule has 1 fully saturated rings. The number of fused-ring (bicyclic) bond motifs is 1. The van der Waals surface area contributed by atoms with Crippen LogP contribution in [0.15, 0.2) is 22.2 Å². The number of aromatic nitrogens is 3. The maximum absolute atomic E-state index is 14.7. The van der Waals surface area contributed by atoms with Crippen LogP contribution >= 0.6 is 11.8 Å². The van der Waals surface area contributed by atoms with Gasteiger partial charge in [-0.3, -0.25) is 9.36 Å². The molecule has 112 valence electrons. The molecule has 0 aromatic carbocycles. The van der Waals surface area contributed by atoms with Crippen LogP contribution in [0.5, 0.6) is 0 Å². The van der Waals surface area contributed by atoms with E-state index in [2.05, 4.69) is 9.97 Å². The molecular weight excluding hydrogens is 289 g/mol. The minimum absolute atomic E-state index is 0.179. The average molecular weight is 307 g/mol. The predicted molar refractivity (Wildman–Crippen MR) is 82.7 cm³/mol. The van der Waals surface area contributed by atoms with Crippen molar-refractivity contribution in [3.8, 4) is 0 Å². The monoisotopic (exact) mass is 307 g/mol. The molecule has 0 unspecified atom stereocenters. The highest BCUT2D eigenvalue weighted by Crippen LogP contribution is 2.42. The average Bonchev–Trinajstić information content (AvgIpc) is 2.78. The molecule has 0 bridgehead atoms. The van der Waals surface area contributed by atoms with E-state index in [1.807, 2.05) is 13.2 Å². The molecule has 6 heteroatoms. The van der Waals surface area contributed by atoms with Gasteiger partial charge in [-0.2, -0.15) is 0 Å². The molecule has 3 rings (SSSR count). The molecule has 21 heavy (non-hydrogen) atoms. The first kappa shape index (κ1) is 14.5. The van der Waals surface area contributed by atoms with Crippen LogP contribution in [0.25, 0.3) is 11.0 Å². The fourth-order valence-corrected chi connectivity index (χ4v) is 3.50. The molecule has 0 aliphatic heterocycles. The Morgan fingerprint density at radius 1 is 1.52 bits per heavy atom. The van der Waals surface area contributed by atoms with Crippen molar-refractivity contribution in [3.63, 3.8) is 0 Å². The Balaban J connectivity index is 2.33. The number of pyridine rings is 1. The number of alkyl halides is 1. The Hall–Kier alpha value is -1.43. The van der Waals surface area contributed by atoms with E-state index in [-0.39, 0.29) is 5.56 Å². The quantitative estimate of drug-likeness (QED) is 0.631. The van der Waals surface area contributed by atoms with Crippen LogP contribution in [0.3, 0.4) is 0 Å². The Morgan fingerprint density at radius 3 is 2.90 bits per heavy atom. The van der Waals surface area contributed by atoms with Crippen molar-refractivity contribution in [3.05, 3.63) is 28.2 Å². The molecular formula is C15H18FN3OS. The van der Waals surface area contributed by atoms with E-state index >= 15 is 0 Å². The van der Waals surface area contributed by atoms with Crippen molar-refractivity contribution < 1.29 is 4.39 Å². The zero-order valence-electron chi connectivity index (χ0n) is 12.4. The number of thioether (sulfide) groups is 1. The summed E-state index contributed by atoms with van der Waals surface area (Å²) in [5, 5.41) is 1.41. The highest BCUT2D eigenvalue weighted by Gasteiger charge is 2.41. The molecule has 0 amide bonds. The van der Waals surface area contributed by atoms with Crippen molar-refractivity contribution in [2.45, 2.75) is 50.0 Å². The molecule has 0 saturated heterocycles. The zero-order valence-corrected chi connectivity index (χ0v) is 13.2. The highest BCUT2D eigenvalue weighted by molar-refractivity contribution is 7.98. The molecule has 1 aliphatic rings. The Morgan fingerprint density at radius 2 is 2.29 bits per heavy atom. The number of halogens is 1. The van der Waals surface area contributed by atoms with E-state index in [0.717, 1.165) is 17.4 Å². The maximum Gasteiger partial charge on any atom is 0.252 e. The Kier molecular flexibility index (Phi) is 3.51. The molecule has 0 N–H and O–H groups in total. The fraction of sp³-hybridized carbons (Fsp3) is 0.533. The van der Waals surface area contributed by atoms with Crippen LogP contribution in [-0.2, 0) is 0 Å². The molecule has 2 heterocycles. The molecule has 0 spiro atoms. The summed E-state index contributed by atoms with van der Waals surface area (Å²) in [5.74, 6) is 0. The fourth-order valence-electron chi connectivity index (χ4n) is 3.16. The van der Waals surface area contributed by atoms with Gasteiger partial charge in [-0.05, 0) is 44.9 Å². The number of aryl methyl sites for hydroxylation is 1. The summed E-state index contributed by atoms with van der Waals surface area (Å²) in [4.78, 5) is 21.2. The highest BCUT2D eigenvalue weighted by atomic mass is 32.2. The van der Waals surface area contributed by atoms with Gasteiger partial charge in [-0.1, -0.05) is 11.8 Å². The summed E-state index contributed by atoms with van der Waals surface area (Å²) in [7, 11) is 0. The standard InChI is InChI=1S/C15H18FN3OS/c1-9-7-12(20)19(11-5-4-6-15(11,2)16)13-10(9)8-17-14(18-13)21-3/h7-8,11H,4-6H2,1-3H3/t11-,15-/m1/s1. The summed E-state index contributed by atoms with van der Waals surface area (Å²) in [6.07, 6.45) is 5.56. The Labute approximate surface area is 126 Å². The van der Waals surface area contributed by atoms with Gasteiger partial charge in [0.1, 0.15) is 11.3 Å². The van der Waals surface area contributed by atoms with Gasteiger partial charge in [0.05, 0.1) is 6.04 Å². The number of nitrogens with zero attached hydrogens (tertiary/aromatic N) is 3. The summed E-state index contributed by atoms with van der Waals surface area (Å²) in [6, 6.07) is 1.11. The van der Waals surface area contributed by atoms with Gasteiger partial charge < -0.3 is 0 Å². The third-order valence-electron chi connectivity index (χ3n) is 4.31. The number of rotatable bonds is 2. The molecule has 4 nitrogen and oxygen atoms in total. The van der Waals surface area contributed by atoms with E-state index < -0.39 is 11.7 Å². The van der Waals surface area contributed by atoms with E-state index in [0.29, 0.717) is 23.6 Å². The van der Waals surface area contributed by atoms with Crippen LogP contribution in [0.1, 0.15) is 37.8 Å². The second kappa shape index (κ2) is 5.09.